The van der Waals surface area contributed by atoms with E-state index in [9.17, 15) is 9.59 Å². The van der Waals surface area contributed by atoms with Crippen molar-refractivity contribution in [1.29, 1.82) is 0 Å². The summed E-state index contributed by atoms with van der Waals surface area (Å²) in [5.41, 5.74) is 0.454. The van der Waals surface area contributed by atoms with Crippen molar-refractivity contribution < 1.29 is 9.59 Å². The third-order valence-corrected chi connectivity index (χ3v) is 3.79. The summed E-state index contributed by atoms with van der Waals surface area (Å²) in [7, 11) is 1.58. The lowest BCUT2D eigenvalue weighted by Crippen LogP contribution is -2.44. The standard InChI is InChI=1S/C13H22N4O2/c1-10(17-7-3-4-8-17)9-14-13(19)11-5-6-12(18)16(2)15-11/h10H,3-9H2,1-2H3,(H,14,19)/t10-/m0/s1. The fourth-order valence-electron chi connectivity index (χ4n) is 2.49. The maximum atomic E-state index is 12.0. The lowest BCUT2D eigenvalue weighted by molar-refractivity contribution is -0.130. The molecule has 6 heteroatoms. The van der Waals surface area contributed by atoms with E-state index in [0.717, 1.165) is 13.1 Å². The lowest BCUT2D eigenvalue weighted by atomic mass is 10.1. The Morgan fingerprint density at radius 3 is 2.68 bits per heavy atom. The number of nitrogens with one attached hydrogen (secondary N) is 1. The summed E-state index contributed by atoms with van der Waals surface area (Å²) in [5.74, 6) is -0.188. The third kappa shape index (κ3) is 3.53. The van der Waals surface area contributed by atoms with Crippen LogP contribution in [0.3, 0.4) is 0 Å². The SMILES string of the molecule is C[C@@H](CNC(=O)C1=NN(C)C(=O)CC1)N1CCCC1. The van der Waals surface area contributed by atoms with E-state index >= 15 is 0 Å². The van der Waals surface area contributed by atoms with Crippen molar-refractivity contribution in [3.05, 3.63) is 0 Å². The van der Waals surface area contributed by atoms with Crippen LogP contribution in [0.15, 0.2) is 5.10 Å². The summed E-state index contributed by atoms with van der Waals surface area (Å²) in [6.45, 7) is 5.00. The van der Waals surface area contributed by atoms with Crippen molar-refractivity contribution in [3.8, 4) is 0 Å². The lowest BCUT2D eigenvalue weighted by Gasteiger charge is -2.24. The Bertz CT molecular complexity index is 388. The average molecular weight is 266 g/mol. The van der Waals surface area contributed by atoms with Crippen LogP contribution in [-0.2, 0) is 9.59 Å². The molecule has 6 nitrogen and oxygen atoms in total. The summed E-state index contributed by atoms with van der Waals surface area (Å²) >= 11 is 0. The first-order valence-electron chi connectivity index (χ1n) is 6.94. The minimum absolute atomic E-state index is 0.0398. The number of carbonyl (C=O) groups is 2. The van der Waals surface area contributed by atoms with Gasteiger partial charge in [0.2, 0.25) is 5.91 Å². The highest BCUT2D eigenvalue weighted by Crippen LogP contribution is 2.11. The zero-order valence-corrected chi connectivity index (χ0v) is 11.7. The van der Waals surface area contributed by atoms with Crippen LogP contribution in [0.4, 0.5) is 0 Å². The molecule has 106 valence electrons. The minimum atomic E-state index is -0.148. The molecular formula is C13H22N4O2. The van der Waals surface area contributed by atoms with Crippen molar-refractivity contribution >= 4 is 17.5 Å². The summed E-state index contributed by atoms with van der Waals surface area (Å²) in [5, 5.41) is 8.18. The molecule has 2 heterocycles. The average Bonchev–Trinajstić information content (AvgIpc) is 2.92. The molecular weight excluding hydrogens is 244 g/mol. The van der Waals surface area contributed by atoms with E-state index in [1.165, 1.54) is 17.9 Å². The molecule has 0 saturated carbocycles. The van der Waals surface area contributed by atoms with E-state index in [1.54, 1.807) is 7.05 Å². The number of rotatable bonds is 4. The van der Waals surface area contributed by atoms with Gasteiger partial charge in [-0.2, -0.15) is 5.10 Å². The van der Waals surface area contributed by atoms with Crippen LogP contribution >= 0.6 is 0 Å². The van der Waals surface area contributed by atoms with Crippen molar-refractivity contribution in [2.75, 3.05) is 26.7 Å². The van der Waals surface area contributed by atoms with Crippen LogP contribution in [0.2, 0.25) is 0 Å². The molecule has 2 aliphatic heterocycles. The number of hydrazone groups is 1. The van der Waals surface area contributed by atoms with Gasteiger partial charge < -0.3 is 5.32 Å². The second-order valence-corrected chi connectivity index (χ2v) is 5.27. The fourth-order valence-corrected chi connectivity index (χ4v) is 2.49. The Labute approximate surface area is 113 Å². The van der Waals surface area contributed by atoms with E-state index in [2.05, 4.69) is 22.2 Å². The predicted molar refractivity (Wildman–Crippen MR) is 72.7 cm³/mol. The Balaban J connectivity index is 1.81. The number of amides is 2. The molecule has 1 saturated heterocycles. The third-order valence-electron chi connectivity index (χ3n) is 3.79. The Morgan fingerprint density at radius 2 is 2.05 bits per heavy atom. The van der Waals surface area contributed by atoms with Crippen LogP contribution in [0.1, 0.15) is 32.6 Å². The molecule has 0 aromatic rings. The van der Waals surface area contributed by atoms with Crippen LogP contribution in [-0.4, -0.2) is 60.2 Å². The van der Waals surface area contributed by atoms with Gasteiger partial charge in [0, 0.05) is 32.5 Å². The second kappa shape index (κ2) is 6.14. The molecule has 2 aliphatic rings. The summed E-state index contributed by atoms with van der Waals surface area (Å²) in [6.07, 6.45) is 3.30. The Kier molecular flexibility index (Phi) is 4.52. The second-order valence-electron chi connectivity index (χ2n) is 5.27. The smallest absolute Gasteiger partial charge is 0.267 e. The molecule has 0 aromatic heterocycles. The number of hydrogen-bond acceptors (Lipinski definition) is 4. The van der Waals surface area contributed by atoms with Crippen molar-refractivity contribution in [3.63, 3.8) is 0 Å². The van der Waals surface area contributed by atoms with Crippen molar-refractivity contribution in [1.82, 2.24) is 15.2 Å². The Hall–Kier alpha value is -1.43. The van der Waals surface area contributed by atoms with E-state index in [-0.39, 0.29) is 11.8 Å². The largest absolute Gasteiger partial charge is 0.349 e. The van der Waals surface area contributed by atoms with Crippen LogP contribution < -0.4 is 5.32 Å². The van der Waals surface area contributed by atoms with Crippen LogP contribution in [0.25, 0.3) is 0 Å². The highest BCUT2D eigenvalue weighted by molar-refractivity contribution is 6.39. The zero-order chi connectivity index (χ0) is 13.8. The number of likely N-dealkylation sites (tertiary alicyclic amines) is 1. The predicted octanol–water partition coefficient (Wildman–Crippen LogP) is 0.195. The van der Waals surface area contributed by atoms with E-state index in [4.69, 9.17) is 0 Å². The van der Waals surface area contributed by atoms with Gasteiger partial charge in [0.05, 0.1) is 0 Å². The normalized spacial score (nSPS) is 22.3. The highest BCUT2D eigenvalue weighted by Gasteiger charge is 2.23. The molecule has 0 radical (unpaired) electrons. The maximum Gasteiger partial charge on any atom is 0.267 e. The summed E-state index contributed by atoms with van der Waals surface area (Å²) in [6, 6.07) is 0.356. The number of hydrogen-bond donors (Lipinski definition) is 1. The molecule has 1 atom stereocenters. The quantitative estimate of drug-likeness (QED) is 0.790. The number of nitrogens with zero attached hydrogens (tertiary/aromatic N) is 3. The molecule has 2 amide bonds. The molecule has 2 rings (SSSR count). The summed E-state index contributed by atoms with van der Waals surface area (Å²) < 4.78 is 0. The van der Waals surface area contributed by atoms with E-state index < -0.39 is 0 Å². The molecule has 19 heavy (non-hydrogen) atoms. The number of carbonyl (C=O) groups excluding carboxylic acids is 2. The van der Waals surface area contributed by atoms with Crippen molar-refractivity contribution in [2.24, 2.45) is 5.10 Å². The molecule has 1 fully saturated rings. The van der Waals surface area contributed by atoms with Gasteiger partial charge in [0.25, 0.3) is 5.91 Å². The molecule has 0 aliphatic carbocycles. The molecule has 1 N–H and O–H groups in total. The minimum Gasteiger partial charge on any atom is -0.349 e. The first kappa shape index (κ1) is 14.0. The first-order valence-corrected chi connectivity index (χ1v) is 6.94. The first-order chi connectivity index (χ1) is 9.08. The summed E-state index contributed by atoms with van der Waals surface area (Å²) in [4.78, 5) is 25.6. The Morgan fingerprint density at radius 1 is 1.37 bits per heavy atom. The highest BCUT2D eigenvalue weighted by atomic mass is 16.2. The van der Waals surface area contributed by atoms with Gasteiger partial charge in [-0.25, -0.2) is 5.01 Å². The van der Waals surface area contributed by atoms with E-state index in [1.807, 2.05) is 0 Å². The zero-order valence-electron chi connectivity index (χ0n) is 11.7. The van der Waals surface area contributed by atoms with Crippen LogP contribution in [0, 0.1) is 0 Å². The van der Waals surface area contributed by atoms with E-state index in [0.29, 0.717) is 31.1 Å². The van der Waals surface area contributed by atoms with Crippen LogP contribution in [0.5, 0.6) is 0 Å². The monoisotopic (exact) mass is 266 g/mol. The van der Waals surface area contributed by atoms with Crippen molar-refractivity contribution in [2.45, 2.75) is 38.6 Å². The molecule has 0 unspecified atom stereocenters. The molecule has 0 bridgehead atoms. The topological polar surface area (TPSA) is 65.0 Å². The van der Waals surface area contributed by atoms with Gasteiger partial charge in [-0.05, 0) is 32.9 Å². The van der Waals surface area contributed by atoms with Gasteiger partial charge >= 0.3 is 0 Å². The van der Waals surface area contributed by atoms with Gasteiger partial charge in [-0.3, -0.25) is 14.5 Å². The van der Waals surface area contributed by atoms with Gasteiger partial charge in [-0.15, -0.1) is 0 Å². The molecule has 0 spiro atoms. The fraction of sp³-hybridized carbons (Fsp3) is 0.769. The van der Waals surface area contributed by atoms with Gasteiger partial charge in [0.1, 0.15) is 5.71 Å². The maximum absolute atomic E-state index is 12.0. The van der Waals surface area contributed by atoms with Gasteiger partial charge in [0.15, 0.2) is 0 Å². The molecule has 0 aromatic carbocycles. The van der Waals surface area contributed by atoms with Gasteiger partial charge in [-0.1, -0.05) is 0 Å².